The Kier molecular flexibility index (Phi) is 2.97. The molecule has 1 amide bonds. The van der Waals surface area contributed by atoms with E-state index in [1.807, 2.05) is 0 Å². The van der Waals surface area contributed by atoms with Gasteiger partial charge in [-0.3, -0.25) is 9.78 Å². The standard InChI is InChI=1S/C15H12F2N2O/c16-8-5-12-9(1-2-10(12)14(17)6-8)13-7-19-4-3-11(13)15(18)20/h3-7,9H,1-2H2,(H2,18,20)/t9-/m1/s1. The second-order valence-corrected chi connectivity index (χ2v) is 4.87. The zero-order valence-corrected chi connectivity index (χ0v) is 10.6. The Hall–Kier alpha value is -2.30. The predicted octanol–water partition coefficient (Wildman–Crippen LogP) is 2.54. The van der Waals surface area contributed by atoms with Crippen molar-refractivity contribution in [2.45, 2.75) is 18.8 Å². The largest absolute Gasteiger partial charge is 0.366 e. The van der Waals surface area contributed by atoms with Gasteiger partial charge in [0.05, 0.1) is 0 Å². The minimum Gasteiger partial charge on any atom is -0.366 e. The SMILES string of the molecule is NC(=O)c1ccncc1[C@@H]1CCc2c(F)cc(F)cc21. The number of hydrogen-bond donors (Lipinski definition) is 1. The van der Waals surface area contributed by atoms with Crippen molar-refractivity contribution in [3.8, 4) is 0 Å². The van der Waals surface area contributed by atoms with Gasteiger partial charge in [0.15, 0.2) is 0 Å². The highest BCUT2D eigenvalue weighted by molar-refractivity contribution is 5.94. The first-order chi connectivity index (χ1) is 9.58. The summed E-state index contributed by atoms with van der Waals surface area (Å²) in [5.41, 5.74) is 7.42. The van der Waals surface area contributed by atoms with E-state index in [-0.39, 0.29) is 5.92 Å². The van der Waals surface area contributed by atoms with Gasteiger partial charge in [0.25, 0.3) is 0 Å². The molecule has 3 rings (SSSR count). The molecule has 0 saturated heterocycles. The van der Waals surface area contributed by atoms with Gasteiger partial charge >= 0.3 is 0 Å². The number of carbonyl (C=O) groups is 1. The number of hydrogen-bond acceptors (Lipinski definition) is 2. The lowest BCUT2D eigenvalue weighted by Crippen LogP contribution is -2.15. The first kappa shape index (κ1) is 12.7. The van der Waals surface area contributed by atoms with Crippen LogP contribution in [-0.4, -0.2) is 10.9 Å². The van der Waals surface area contributed by atoms with Crippen LogP contribution in [-0.2, 0) is 6.42 Å². The Bertz CT molecular complexity index is 700. The van der Waals surface area contributed by atoms with Gasteiger partial charge in [-0.15, -0.1) is 0 Å². The molecule has 0 fully saturated rings. The van der Waals surface area contributed by atoms with Crippen molar-refractivity contribution in [2.24, 2.45) is 5.73 Å². The molecule has 1 aliphatic carbocycles. The summed E-state index contributed by atoms with van der Waals surface area (Å²) in [5, 5.41) is 0. The minimum absolute atomic E-state index is 0.244. The Labute approximate surface area is 114 Å². The summed E-state index contributed by atoms with van der Waals surface area (Å²) in [7, 11) is 0. The molecule has 0 radical (unpaired) electrons. The zero-order valence-electron chi connectivity index (χ0n) is 10.6. The number of amides is 1. The molecule has 1 aromatic carbocycles. The molecule has 20 heavy (non-hydrogen) atoms. The summed E-state index contributed by atoms with van der Waals surface area (Å²) >= 11 is 0. The first-order valence-electron chi connectivity index (χ1n) is 6.29. The van der Waals surface area contributed by atoms with Crippen molar-refractivity contribution < 1.29 is 13.6 Å². The molecule has 5 heteroatoms. The van der Waals surface area contributed by atoms with Crippen LogP contribution in [0.25, 0.3) is 0 Å². The molecule has 0 saturated carbocycles. The van der Waals surface area contributed by atoms with E-state index in [1.165, 1.54) is 18.3 Å². The smallest absolute Gasteiger partial charge is 0.249 e. The van der Waals surface area contributed by atoms with E-state index in [9.17, 15) is 13.6 Å². The highest BCUT2D eigenvalue weighted by atomic mass is 19.1. The number of halogens is 2. The predicted molar refractivity (Wildman–Crippen MR) is 69.3 cm³/mol. The molecule has 1 heterocycles. The van der Waals surface area contributed by atoms with Gasteiger partial charge in [0, 0.05) is 29.9 Å². The van der Waals surface area contributed by atoms with Crippen LogP contribution in [0.4, 0.5) is 8.78 Å². The third kappa shape index (κ3) is 1.95. The third-order valence-electron chi connectivity index (χ3n) is 3.75. The number of carbonyl (C=O) groups excluding carboxylic acids is 1. The van der Waals surface area contributed by atoms with Crippen LogP contribution < -0.4 is 5.73 Å². The summed E-state index contributed by atoms with van der Waals surface area (Å²) in [6.07, 6.45) is 4.15. The zero-order chi connectivity index (χ0) is 14.3. The third-order valence-corrected chi connectivity index (χ3v) is 3.75. The Morgan fingerprint density at radius 2 is 2.10 bits per heavy atom. The average Bonchev–Trinajstić information content (AvgIpc) is 2.82. The van der Waals surface area contributed by atoms with Crippen LogP contribution in [0.1, 0.15) is 39.4 Å². The Balaban J connectivity index is 2.15. The fourth-order valence-electron chi connectivity index (χ4n) is 2.87. The summed E-state index contributed by atoms with van der Waals surface area (Å²) in [6, 6.07) is 3.75. The fraction of sp³-hybridized carbons (Fsp3) is 0.200. The van der Waals surface area contributed by atoms with Gasteiger partial charge < -0.3 is 5.73 Å². The number of rotatable bonds is 2. The van der Waals surface area contributed by atoms with E-state index >= 15 is 0 Å². The lowest BCUT2D eigenvalue weighted by molar-refractivity contribution is 0.0999. The number of nitrogens with two attached hydrogens (primary N) is 1. The molecular weight excluding hydrogens is 262 g/mol. The lowest BCUT2D eigenvalue weighted by atomic mass is 9.90. The van der Waals surface area contributed by atoms with Gasteiger partial charge in [0.1, 0.15) is 11.6 Å². The maximum atomic E-state index is 13.8. The Morgan fingerprint density at radius 1 is 1.30 bits per heavy atom. The first-order valence-corrected chi connectivity index (χ1v) is 6.29. The fourth-order valence-corrected chi connectivity index (χ4v) is 2.87. The van der Waals surface area contributed by atoms with Crippen molar-refractivity contribution in [3.05, 3.63) is 64.5 Å². The molecule has 102 valence electrons. The van der Waals surface area contributed by atoms with Crippen LogP contribution in [0.15, 0.2) is 30.6 Å². The molecule has 1 atom stereocenters. The van der Waals surface area contributed by atoms with Crippen LogP contribution in [0.5, 0.6) is 0 Å². The van der Waals surface area contributed by atoms with Crippen molar-refractivity contribution in [3.63, 3.8) is 0 Å². The highest BCUT2D eigenvalue weighted by Crippen LogP contribution is 2.40. The van der Waals surface area contributed by atoms with E-state index in [4.69, 9.17) is 5.73 Å². The number of pyridine rings is 1. The average molecular weight is 274 g/mol. The highest BCUT2D eigenvalue weighted by Gasteiger charge is 2.29. The molecule has 0 spiro atoms. The summed E-state index contributed by atoms with van der Waals surface area (Å²) < 4.78 is 27.2. The molecule has 2 aromatic rings. The maximum Gasteiger partial charge on any atom is 0.249 e. The van der Waals surface area contributed by atoms with E-state index in [2.05, 4.69) is 4.98 Å². The second kappa shape index (κ2) is 4.67. The van der Waals surface area contributed by atoms with Gasteiger partial charge in [0.2, 0.25) is 5.91 Å². The van der Waals surface area contributed by atoms with Crippen LogP contribution in [0.2, 0.25) is 0 Å². The van der Waals surface area contributed by atoms with Crippen molar-refractivity contribution in [1.82, 2.24) is 4.98 Å². The quantitative estimate of drug-likeness (QED) is 0.915. The number of benzene rings is 1. The number of nitrogens with zero attached hydrogens (tertiary/aromatic N) is 1. The van der Waals surface area contributed by atoms with E-state index in [1.54, 1.807) is 6.20 Å². The normalized spacial score (nSPS) is 17.0. The van der Waals surface area contributed by atoms with E-state index in [0.29, 0.717) is 35.1 Å². The number of primary amides is 1. The van der Waals surface area contributed by atoms with Crippen molar-refractivity contribution >= 4 is 5.91 Å². The lowest BCUT2D eigenvalue weighted by Gasteiger charge is -2.14. The monoisotopic (exact) mass is 274 g/mol. The Morgan fingerprint density at radius 3 is 2.85 bits per heavy atom. The van der Waals surface area contributed by atoms with Crippen LogP contribution in [0, 0.1) is 11.6 Å². The molecule has 1 aromatic heterocycles. The topological polar surface area (TPSA) is 56.0 Å². The van der Waals surface area contributed by atoms with Gasteiger partial charge in [-0.25, -0.2) is 8.78 Å². The molecule has 0 unspecified atom stereocenters. The molecular formula is C15H12F2N2O. The van der Waals surface area contributed by atoms with Crippen molar-refractivity contribution in [2.75, 3.05) is 0 Å². The minimum atomic E-state index is -0.613. The maximum absolute atomic E-state index is 13.8. The van der Waals surface area contributed by atoms with E-state index in [0.717, 1.165) is 6.07 Å². The van der Waals surface area contributed by atoms with Crippen molar-refractivity contribution in [1.29, 1.82) is 0 Å². The molecule has 0 aliphatic heterocycles. The van der Waals surface area contributed by atoms with Crippen LogP contribution in [0.3, 0.4) is 0 Å². The summed E-state index contributed by atoms with van der Waals surface area (Å²) in [4.78, 5) is 15.5. The number of aromatic nitrogens is 1. The summed E-state index contributed by atoms with van der Waals surface area (Å²) in [5.74, 6) is -1.95. The molecule has 0 bridgehead atoms. The molecule has 3 nitrogen and oxygen atoms in total. The molecule has 2 N–H and O–H groups in total. The molecule has 1 aliphatic rings. The second-order valence-electron chi connectivity index (χ2n) is 4.87. The van der Waals surface area contributed by atoms with Gasteiger partial charge in [-0.05, 0) is 41.7 Å². The summed E-state index contributed by atoms with van der Waals surface area (Å²) in [6.45, 7) is 0. The van der Waals surface area contributed by atoms with Gasteiger partial charge in [-0.2, -0.15) is 0 Å². The number of fused-ring (bicyclic) bond motifs is 1. The van der Waals surface area contributed by atoms with Crippen LogP contribution >= 0.6 is 0 Å². The van der Waals surface area contributed by atoms with E-state index < -0.39 is 17.5 Å². The van der Waals surface area contributed by atoms with Gasteiger partial charge in [-0.1, -0.05) is 0 Å².